The van der Waals surface area contributed by atoms with Crippen molar-refractivity contribution in [2.24, 2.45) is 0 Å². The van der Waals surface area contributed by atoms with E-state index in [2.05, 4.69) is 0 Å². The lowest BCUT2D eigenvalue weighted by atomic mass is 9.63. The van der Waals surface area contributed by atoms with Crippen LogP contribution in [0.5, 0.6) is 0 Å². The van der Waals surface area contributed by atoms with Gasteiger partial charge in [-0.25, -0.2) is 12.7 Å². The molecule has 0 N–H and O–H groups in total. The average molecular weight is 480 g/mol. The Bertz CT molecular complexity index is 1420. The molecular weight excluding hydrogens is 454 g/mol. The number of hydrogen-bond acceptors (Lipinski definition) is 3. The second-order valence-corrected chi connectivity index (χ2v) is 10.5. The van der Waals surface area contributed by atoms with Gasteiger partial charge in [0.25, 0.3) is 15.9 Å². The van der Waals surface area contributed by atoms with Gasteiger partial charge in [0.1, 0.15) is 5.41 Å². The predicted octanol–water partition coefficient (Wildman–Crippen LogP) is 5.59. The van der Waals surface area contributed by atoms with Gasteiger partial charge in [-0.3, -0.25) is 4.79 Å². The van der Waals surface area contributed by atoms with Gasteiger partial charge in [-0.15, -0.1) is 0 Å². The highest BCUT2D eigenvalue weighted by molar-refractivity contribution is 7.89. The van der Waals surface area contributed by atoms with Gasteiger partial charge in [0.15, 0.2) is 0 Å². The van der Waals surface area contributed by atoms with E-state index >= 15 is 0 Å². The highest BCUT2D eigenvalue weighted by Gasteiger charge is 2.65. The molecule has 0 radical (unpaired) electrons. The Morgan fingerprint density at radius 3 is 1.71 bits per heavy atom. The van der Waals surface area contributed by atoms with E-state index in [1.54, 1.807) is 24.3 Å². The van der Waals surface area contributed by atoms with E-state index in [4.69, 9.17) is 0 Å². The van der Waals surface area contributed by atoms with Gasteiger partial charge in [-0.05, 0) is 35.7 Å². The number of amides is 1. The predicted molar refractivity (Wildman–Crippen MR) is 138 cm³/mol. The molecule has 0 aliphatic carbocycles. The molecule has 1 aliphatic rings. The molecule has 1 fully saturated rings. The number of β-lactam (4-membered cyclic amide) rings is 1. The monoisotopic (exact) mass is 479 g/mol. The van der Waals surface area contributed by atoms with Crippen molar-refractivity contribution in [3.05, 3.63) is 144 Å². The smallest absolute Gasteiger partial charge is 0.267 e. The number of hydrogen-bond donors (Lipinski definition) is 0. The van der Waals surface area contributed by atoms with Crippen LogP contribution in [-0.2, 0) is 20.2 Å². The Morgan fingerprint density at radius 2 is 1.20 bits per heavy atom. The minimum Gasteiger partial charge on any atom is -0.272 e. The summed E-state index contributed by atoms with van der Waals surface area (Å²) in [5.74, 6) is -0.460. The van der Waals surface area contributed by atoms with E-state index in [1.165, 1.54) is 0 Å². The van der Waals surface area contributed by atoms with Gasteiger partial charge in [0, 0.05) is 0 Å². The molecule has 1 atom stereocenters. The van der Waals surface area contributed by atoms with E-state index in [9.17, 15) is 13.2 Å². The molecule has 0 saturated carbocycles. The zero-order chi connectivity index (χ0) is 24.5. The summed E-state index contributed by atoms with van der Waals surface area (Å²) in [4.78, 5) is 14.2. The molecule has 1 unspecified atom stereocenters. The number of aryl methyl sites for hydroxylation is 1. The number of carbonyl (C=O) groups excluding carboxylic acids is 1. The maximum Gasteiger partial charge on any atom is 0.267 e. The van der Waals surface area contributed by atoms with Crippen LogP contribution in [0.1, 0.15) is 22.3 Å². The third-order valence-corrected chi connectivity index (χ3v) is 8.32. The van der Waals surface area contributed by atoms with Gasteiger partial charge >= 0.3 is 0 Å². The Balaban J connectivity index is 1.71. The van der Waals surface area contributed by atoms with Crippen molar-refractivity contribution in [2.45, 2.75) is 23.3 Å². The maximum atomic E-state index is 14.1. The second-order valence-electron chi connectivity index (χ2n) is 8.67. The summed E-state index contributed by atoms with van der Waals surface area (Å²) >= 11 is 0. The first-order valence-electron chi connectivity index (χ1n) is 11.5. The van der Waals surface area contributed by atoms with E-state index in [0.29, 0.717) is 0 Å². The first-order valence-corrected chi connectivity index (χ1v) is 12.9. The van der Waals surface area contributed by atoms with Crippen molar-refractivity contribution < 1.29 is 13.2 Å². The van der Waals surface area contributed by atoms with E-state index < -0.39 is 27.4 Å². The average Bonchev–Trinajstić information content (AvgIpc) is 2.89. The van der Waals surface area contributed by atoms with Gasteiger partial charge in [0.05, 0.1) is 10.9 Å². The third kappa shape index (κ3) is 3.78. The highest BCUT2D eigenvalue weighted by Crippen LogP contribution is 2.50. The molecule has 0 bridgehead atoms. The molecule has 35 heavy (non-hydrogen) atoms. The number of sulfonamides is 1. The topological polar surface area (TPSA) is 54.5 Å². The third-order valence-electron chi connectivity index (χ3n) is 6.54. The Morgan fingerprint density at radius 1 is 0.714 bits per heavy atom. The van der Waals surface area contributed by atoms with Crippen molar-refractivity contribution in [1.82, 2.24) is 4.31 Å². The molecule has 5 heteroatoms. The summed E-state index contributed by atoms with van der Waals surface area (Å²) in [5, 5.41) is 0. The minimum atomic E-state index is -4.08. The number of benzene rings is 4. The first kappa shape index (κ1) is 22.8. The highest BCUT2D eigenvalue weighted by atomic mass is 32.2. The number of rotatable bonds is 6. The van der Waals surface area contributed by atoms with Crippen molar-refractivity contribution in [2.75, 3.05) is 0 Å². The van der Waals surface area contributed by atoms with Gasteiger partial charge in [-0.1, -0.05) is 121 Å². The van der Waals surface area contributed by atoms with Gasteiger partial charge in [-0.2, -0.15) is 0 Å². The Hall–Kier alpha value is -3.96. The molecule has 0 aromatic heterocycles. The molecule has 4 nitrogen and oxygen atoms in total. The first-order chi connectivity index (χ1) is 17.0. The van der Waals surface area contributed by atoms with Crippen LogP contribution in [0.15, 0.2) is 126 Å². The largest absolute Gasteiger partial charge is 0.272 e. The fourth-order valence-corrected chi connectivity index (χ4v) is 6.36. The van der Waals surface area contributed by atoms with Crippen LogP contribution in [0.4, 0.5) is 0 Å². The van der Waals surface area contributed by atoms with Crippen molar-refractivity contribution in [3.63, 3.8) is 0 Å². The summed E-state index contributed by atoms with van der Waals surface area (Å²) in [6.07, 6.45) is 3.72. The standard InChI is InChI=1S/C30H25NO3S/c1-23-17-20-27(21-18-23)35(33,34)31-28(22-19-24-11-5-2-6-12-24)30(29(31)32,25-13-7-3-8-14-25)26-15-9-4-10-16-26/h2-22,28H,1H3/b22-19+. The van der Waals surface area contributed by atoms with Crippen molar-refractivity contribution in [3.8, 4) is 0 Å². The lowest BCUT2D eigenvalue weighted by Crippen LogP contribution is -2.72. The zero-order valence-electron chi connectivity index (χ0n) is 19.3. The van der Waals surface area contributed by atoms with E-state index in [1.807, 2.05) is 110 Å². The van der Waals surface area contributed by atoms with Crippen LogP contribution in [0.3, 0.4) is 0 Å². The van der Waals surface area contributed by atoms with Gasteiger partial charge in [0.2, 0.25) is 0 Å². The quantitative estimate of drug-likeness (QED) is 0.339. The summed E-state index contributed by atoms with van der Waals surface area (Å²) in [5.41, 5.74) is 2.23. The fraction of sp³-hybridized carbons (Fsp3) is 0.100. The Kier molecular flexibility index (Phi) is 5.87. The second kappa shape index (κ2) is 9.01. The molecule has 4 aromatic carbocycles. The molecule has 1 heterocycles. The van der Waals surface area contributed by atoms with Crippen molar-refractivity contribution >= 4 is 22.0 Å². The van der Waals surface area contributed by atoms with Crippen LogP contribution >= 0.6 is 0 Å². The van der Waals surface area contributed by atoms with E-state index in [-0.39, 0.29) is 4.90 Å². The summed E-state index contributed by atoms with van der Waals surface area (Å²) < 4.78 is 28.6. The summed E-state index contributed by atoms with van der Waals surface area (Å²) in [6.45, 7) is 1.90. The maximum absolute atomic E-state index is 14.1. The Labute approximate surface area is 206 Å². The molecule has 1 amide bonds. The fourth-order valence-electron chi connectivity index (χ4n) is 4.76. The molecule has 0 spiro atoms. The molecule has 4 aromatic rings. The number of carbonyl (C=O) groups is 1. The van der Waals surface area contributed by atoms with Crippen LogP contribution in [0.25, 0.3) is 6.08 Å². The summed E-state index contributed by atoms with van der Waals surface area (Å²) in [6, 6.07) is 34.4. The molecule has 1 saturated heterocycles. The molecule has 5 rings (SSSR count). The van der Waals surface area contributed by atoms with Crippen LogP contribution in [0.2, 0.25) is 0 Å². The van der Waals surface area contributed by atoms with Gasteiger partial charge < -0.3 is 0 Å². The lowest BCUT2D eigenvalue weighted by Gasteiger charge is -2.54. The normalized spacial score (nSPS) is 17.3. The number of nitrogens with zero attached hydrogens (tertiary/aromatic N) is 1. The minimum absolute atomic E-state index is 0.101. The van der Waals surface area contributed by atoms with Crippen LogP contribution < -0.4 is 0 Å². The SMILES string of the molecule is Cc1ccc(S(=O)(=O)N2C(=O)C(c3ccccc3)(c3ccccc3)C2/C=C/c2ccccc2)cc1. The lowest BCUT2D eigenvalue weighted by molar-refractivity contribution is -0.144. The molecule has 1 aliphatic heterocycles. The zero-order valence-corrected chi connectivity index (χ0v) is 20.1. The van der Waals surface area contributed by atoms with E-state index in [0.717, 1.165) is 26.6 Å². The summed E-state index contributed by atoms with van der Waals surface area (Å²) in [7, 11) is -4.08. The molecule has 174 valence electrons. The van der Waals surface area contributed by atoms with Crippen LogP contribution in [0, 0.1) is 6.92 Å². The molecular formula is C30H25NO3S. The van der Waals surface area contributed by atoms with Crippen LogP contribution in [-0.4, -0.2) is 24.7 Å². The van der Waals surface area contributed by atoms with Crippen molar-refractivity contribution in [1.29, 1.82) is 0 Å².